The highest BCUT2D eigenvalue weighted by atomic mass is 16.5. The summed E-state index contributed by atoms with van der Waals surface area (Å²) >= 11 is 0. The van der Waals surface area contributed by atoms with Crippen molar-refractivity contribution in [1.29, 1.82) is 0 Å². The summed E-state index contributed by atoms with van der Waals surface area (Å²) in [6.45, 7) is 10.4. The van der Waals surface area contributed by atoms with E-state index in [1.807, 2.05) is 0 Å². The Bertz CT molecular complexity index is 150. The Labute approximate surface area is 81.7 Å². The normalized spacial score (nSPS) is 13.8. The van der Waals surface area contributed by atoms with Crippen LogP contribution in [0.1, 0.15) is 41.0 Å². The molecule has 0 aliphatic heterocycles. The molecule has 0 bridgehead atoms. The van der Waals surface area contributed by atoms with Gasteiger partial charge in [-0.15, -0.1) is 0 Å². The molecule has 0 heterocycles. The first-order chi connectivity index (χ1) is 5.93. The fourth-order valence-corrected chi connectivity index (χ4v) is 1.22. The fourth-order valence-electron chi connectivity index (χ4n) is 1.22. The van der Waals surface area contributed by atoms with E-state index in [2.05, 4.69) is 27.7 Å². The van der Waals surface area contributed by atoms with E-state index >= 15 is 0 Å². The van der Waals surface area contributed by atoms with Gasteiger partial charge in [0, 0.05) is 0 Å². The fraction of sp³-hybridized carbons (Fsp3) is 0.909. The molecule has 0 spiro atoms. The average Bonchev–Trinajstić information content (AvgIpc) is 1.96. The molecule has 78 valence electrons. The number of Topliss-reactive ketones (excluding diaryl/α,β-unsaturated/α-hetero) is 1. The van der Waals surface area contributed by atoms with Gasteiger partial charge in [-0.2, -0.15) is 0 Å². The molecule has 13 heavy (non-hydrogen) atoms. The standard InChI is InChI=1S/C11H22O2/c1-8(2)6-11(9(3)4)13-7-10(5)12/h8-9,11H,6-7H2,1-5H3. The molecule has 0 N–H and O–H groups in total. The first-order valence-electron chi connectivity index (χ1n) is 5.04. The Hall–Kier alpha value is -0.370. The maximum absolute atomic E-state index is 10.7. The van der Waals surface area contributed by atoms with E-state index in [4.69, 9.17) is 4.74 Å². The number of carbonyl (C=O) groups excluding carboxylic acids is 1. The van der Waals surface area contributed by atoms with Gasteiger partial charge in [0.15, 0.2) is 5.78 Å². The number of rotatable bonds is 6. The number of carbonyl (C=O) groups is 1. The molecule has 0 aliphatic carbocycles. The third-order valence-electron chi connectivity index (χ3n) is 1.95. The highest BCUT2D eigenvalue weighted by Crippen LogP contribution is 2.16. The van der Waals surface area contributed by atoms with Gasteiger partial charge < -0.3 is 4.74 Å². The SMILES string of the molecule is CC(=O)COC(CC(C)C)C(C)C. The minimum Gasteiger partial charge on any atom is -0.370 e. The monoisotopic (exact) mass is 186 g/mol. The predicted octanol–water partition coefficient (Wildman–Crippen LogP) is 2.66. The van der Waals surface area contributed by atoms with Crippen LogP contribution in [0.25, 0.3) is 0 Å². The number of ether oxygens (including phenoxy) is 1. The van der Waals surface area contributed by atoms with Crippen LogP contribution in [0.2, 0.25) is 0 Å². The lowest BCUT2D eigenvalue weighted by atomic mass is 9.97. The van der Waals surface area contributed by atoms with E-state index in [0.717, 1.165) is 6.42 Å². The minimum absolute atomic E-state index is 0.106. The molecule has 0 aliphatic rings. The van der Waals surface area contributed by atoms with Crippen molar-refractivity contribution in [3.05, 3.63) is 0 Å². The molecule has 0 rings (SSSR count). The van der Waals surface area contributed by atoms with Gasteiger partial charge >= 0.3 is 0 Å². The maximum Gasteiger partial charge on any atom is 0.155 e. The van der Waals surface area contributed by atoms with Gasteiger partial charge in [0.25, 0.3) is 0 Å². The van der Waals surface area contributed by atoms with Crippen molar-refractivity contribution in [3.8, 4) is 0 Å². The lowest BCUT2D eigenvalue weighted by Gasteiger charge is -2.22. The third kappa shape index (κ3) is 6.76. The van der Waals surface area contributed by atoms with Gasteiger partial charge in [0.2, 0.25) is 0 Å². The highest BCUT2D eigenvalue weighted by Gasteiger charge is 2.15. The summed E-state index contributed by atoms with van der Waals surface area (Å²) in [7, 11) is 0. The average molecular weight is 186 g/mol. The van der Waals surface area contributed by atoms with E-state index in [1.165, 1.54) is 0 Å². The zero-order valence-corrected chi connectivity index (χ0v) is 9.46. The highest BCUT2D eigenvalue weighted by molar-refractivity contribution is 5.76. The third-order valence-corrected chi connectivity index (χ3v) is 1.95. The molecule has 1 atom stereocenters. The van der Waals surface area contributed by atoms with E-state index in [9.17, 15) is 4.79 Å². The number of ketones is 1. The van der Waals surface area contributed by atoms with Crippen molar-refractivity contribution < 1.29 is 9.53 Å². The molecule has 0 saturated heterocycles. The van der Waals surface area contributed by atoms with E-state index in [0.29, 0.717) is 11.8 Å². The molecule has 0 saturated carbocycles. The molecule has 2 heteroatoms. The second-order valence-electron chi connectivity index (χ2n) is 4.43. The molecule has 1 unspecified atom stereocenters. The van der Waals surface area contributed by atoms with Crippen LogP contribution in [-0.4, -0.2) is 18.5 Å². The number of hydrogen-bond acceptors (Lipinski definition) is 2. The summed E-state index contributed by atoms with van der Waals surface area (Å²) < 4.78 is 5.53. The predicted molar refractivity (Wildman–Crippen MR) is 54.7 cm³/mol. The van der Waals surface area contributed by atoms with Crippen LogP contribution in [-0.2, 0) is 9.53 Å². The summed E-state index contributed by atoms with van der Waals surface area (Å²) in [5.74, 6) is 1.22. The van der Waals surface area contributed by atoms with Crippen LogP contribution in [0.3, 0.4) is 0 Å². The maximum atomic E-state index is 10.7. The van der Waals surface area contributed by atoms with Crippen LogP contribution < -0.4 is 0 Å². The Morgan fingerprint density at radius 2 is 1.77 bits per heavy atom. The van der Waals surface area contributed by atoms with Crippen LogP contribution in [0, 0.1) is 11.8 Å². The quantitative estimate of drug-likeness (QED) is 0.637. The summed E-state index contributed by atoms with van der Waals surface area (Å²) in [5, 5.41) is 0. The van der Waals surface area contributed by atoms with Crippen LogP contribution in [0.15, 0.2) is 0 Å². The zero-order valence-electron chi connectivity index (χ0n) is 9.46. The summed E-state index contributed by atoms with van der Waals surface area (Å²) in [6, 6.07) is 0. The summed E-state index contributed by atoms with van der Waals surface area (Å²) in [6.07, 6.45) is 1.26. The number of hydrogen-bond donors (Lipinski definition) is 0. The van der Waals surface area contributed by atoms with Crippen molar-refractivity contribution in [2.45, 2.75) is 47.1 Å². The van der Waals surface area contributed by atoms with Gasteiger partial charge in [-0.25, -0.2) is 0 Å². The molecule has 0 aromatic heterocycles. The molecular formula is C11H22O2. The van der Waals surface area contributed by atoms with Gasteiger partial charge in [0.05, 0.1) is 6.10 Å². The van der Waals surface area contributed by atoms with Crippen molar-refractivity contribution in [1.82, 2.24) is 0 Å². The van der Waals surface area contributed by atoms with Gasteiger partial charge in [-0.05, 0) is 25.2 Å². The molecule has 2 nitrogen and oxygen atoms in total. The lowest BCUT2D eigenvalue weighted by Crippen LogP contribution is -2.24. The molecule has 0 radical (unpaired) electrons. The van der Waals surface area contributed by atoms with Crippen molar-refractivity contribution in [2.75, 3.05) is 6.61 Å². The second kappa shape index (κ2) is 6.14. The smallest absolute Gasteiger partial charge is 0.155 e. The summed E-state index contributed by atoms with van der Waals surface area (Å²) in [5.41, 5.74) is 0. The topological polar surface area (TPSA) is 26.3 Å². The molecule has 0 aromatic rings. The van der Waals surface area contributed by atoms with E-state index in [1.54, 1.807) is 6.92 Å². The Morgan fingerprint density at radius 3 is 2.08 bits per heavy atom. The van der Waals surface area contributed by atoms with Crippen LogP contribution >= 0.6 is 0 Å². The van der Waals surface area contributed by atoms with E-state index < -0.39 is 0 Å². The van der Waals surface area contributed by atoms with E-state index in [-0.39, 0.29) is 18.5 Å². The molecule has 0 amide bonds. The Kier molecular flexibility index (Phi) is 5.97. The lowest BCUT2D eigenvalue weighted by molar-refractivity contribution is -0.124. The zero-order chi connectivity index (χ0) is 10.4. The van der Waals surface area contributed by atoms with Gasteiger partial charge in [-0.3, -0.25) is 4.79 Å². The summed E-state index contributed by atoms with van der Waals surface area (Å²) in [4.78, 5) is 10.7. The largest absolute Gasteiger partial charge is 0.370 e. The van der Waals surface area contributed by atoms with Crippen molar-refractivity contribution in [2.24, 2.45) is 11.8 Å². The van der Waals surface area contributed by atoms with Gasteiger partial charge in [-0.1, -0.05) is 27.7 Å². The molecular weight excluding hydrogens is 164 g/mol. The van der Waals surface area contributed by atoms with Crippen LogP contribution in [0.4, 0.5) is 0 Å². The first-order valence-corrected chi connectivity index (χ1v) is 5.04. The second-order valence-corrected chi connectivity index (χ2v) is 4.43. The molecule has 0 aromatic carbocycles. The van der Waals surface area contributed by atoms with Crippen LogP contribution in [0.5, 0.6) is 0 Å². The molecule has 0 fully saturated rings. The first kappa shape index (κ1) is 12.6. The Balaban J connectivity index is 3.87. The Morgan fingerprint density at radius 1 is 1.23 bits per heavy atom. The minimum atomic E-state index is 0.106. The van der Waals surface area contributed by atoms with Crippen molar-refractivity contribution >= 4 is 5.78 Å². The van der Waals surface area contributed by atoms with Gasteiger partial charge in [0.1, 0.15) is 6.61 Å². The van der Waals surface area contributed by atoms with Crippen molar-refractivity contribution in [3.63, 3.8) is 0 Å².